The Morgan fingerprint density at radius 1 is 1.35 bits per heavy atom. The number of pyridine rings is 1. The molecule has 1 fully saturated rings. The van der Waals surface area contributed by atoms with Gasteiger partial charge in [0, 0.05) is 6.20 Å². The first-order chi connectivity index (χ1) is 12.3. The van der Waals surface area contributed by atoms with Crippen LogP contribution in [0.15, 0.2) is 30.7 Å². The van der Waals surface area contributed by atoms with Gasteiger partial charge in [-0.3, -0.25) is 4.90 Å². The fourth-order valence-electron chi connectivity index (χ4n) is 2.95. The van der Waals surface area contributed by atoms with Gasteiger partial charge in [0.2, 0.25) is 5.95 Å². The Kier molecular flexibility index (Phi) is 5.24. The minimum atomic E-state index is -0.960. The molecule has 1 aliphatic heterocycles. The van der Waals surface area contributed by atoms with E-state index < -0.39 is 11.8 Å². The average molecular weight is 378 g/mol. The number of amides is 1. The molecule has 3 heterocycles. The number of carbonyl (C=O) groups is 1. The first-order valence-electron chi connectivity index (χ1n) is 8.21. The third kappa shape index (κ3) is 4.20. The number of aromatic nitrogens is 3. The molecule has 0 aromatic carbocycles. The van der Waals surface area contributed by atoms with Gasteiger partial charge in [-0.2, -0.15) is 0 Å². The second kappa shape index (κ2) is 7.43. The molecule has 0 radical (unpaired) electrons. The maximum absolute atomic E-state index is 11.5. The van der Waals surface area contributed by atoms with Crippen molar-refractivity contribution in [3.8, 4) is 0 Å². The first kappa shape index (κ1) is 18.3. The minimum absolute atomic E-state index is 0.164. The highest BCUT2D eigenvalue weighted by Crippen LogP contribution is 2.29. The molecule has 0 unspecified atom stereocenters. The summed E-state index contributed by atoms with van der Waals surface area (Å²) < 4.78 is 5.61. The van der Waals surface area contributed by atoms with Crippen LogP contribution < -0.4 is 5.32 Å². The van der Waals surface area contributed by atoms with Gasteiger partial charge in [0.25, 0.3) is 0 Å². The summed E-state index contributed by atoms with van der Waals surface area (Å²) in [6, 6.07) is 3.61. The maximum atomic E-state index is 11.5. The van der Waals surface area contributed by atoms with Crippen LogP contribution >= 0.6 is 11.6 Å². The van der Waals surface area contributed by atoms with Gasteiger partial charge < -0.3 is 15.2 Å². The van der Waals surface area contributed by atoms with Crippen LogP contribution in [0.2, 0.25) is 5.02 Å². The van der Waals surface area contributed by atoms with E-state index in [-0.39, 0.29) is 6.04 Å². The molecule has 8 nitrogen and oxygen atoms in total. The van der Waals surface area contributed by atoms with Gasteiger partial charge in [0.1, 0.15) is 11.5 Å². The Bertz CT molecular complexity index is 767. The lowest BCUT2D eigenvalue weighted by Crippen LogP contribution is -2.47. The number of carboxylic acid groups (broad SMARTS) is 1. The zero-order valence-electron chi connectivity index (χ0n) is 14.5. The third-order valence-electron chi connectivity index (χ3n) is 4.23. The lowest BCUT2D eigenvalue weighted by atomic mass is 10.1. The summed E-state index contributed by atoms with van der Waals surface area (Å²) >= 11 is 5.75. The van der Waals surface area contributed by atoms with E-state index >= 15 is 0 Å². The monoisotopic (exact) mass is 377 g/mol. The zero-order chi connectivity index (χ0) is 18.7. The summed E-state index contributed by atoms with van der Waals surface area (Å²) in [6.07, 6.45) is 5.18. The van der Waals surface area contributed by atoms with Crippen LogP contribution in [0.3, 0.4) is 0 Å². The van der Waals surface area contributed by atoms with E-state index in [1.54, 1.807) is 20.0 Å². The van der Waals surface area contributed by atoms with Crippen molar-refractivity contribution in [2.45, 2.75) is 38.5 Å². The summed E-state index contributed by atoms with van der Waals surface area (Å²) in [7, 11) is 0. The van der Waals surface area contributed by atoms with Crippen LogP contribution in [0, 0.1) is 0 Å². The lowest BCUT2D eigenvalue weighted by Gasteiger charge is -2.30. The van der Waals surface area contributed by atoms with Gasteiger partial charge in [-0.25, -0.2) is 19.7 Å². The molecular weight excluding hydrogens is 358 g/mol. The van der Waals surface area contributed by atoms with Crippen molar-refractivity contribution >= 4 is 29.5 Å². The molecule has 2 N–H and O–H groups in total. The van der Waals surface area contributed by atoms with Crippen molar-refractivity contribution in [2.75, 3.05) is 11.9 Å². The smallest absolute Gasteiger partial charge is 0.409 e. The number of nitrogens with zero attached hydrogens (tertiary/aromatic N) is 4. The van der Waals surface area contributed by atoms with E-state index in [0.717, 1.165) is 5.56 Å². The topological polar surface area (TPSA) is 100 Å². The molecule has 1 aliphatic rings. The maximum Gasteiger partial charge on any atom is 0.409 e. The average Bonchev–Trinajstić information content (AvgIpc) is 2.91. The summed E-state index contributed by atoms with van der Waals surface area (Å²) in [5, 5.41) is 12.9. The molecule has 26 heavy (non-hydrogen) atoms. The molecule has 0 aliphatic carbocycles. The molecule has 9 heteroatoms. The molecule has 3 rings (SSSR count). The molecule has 0 saturated carbocycles. The van der Waals surface area contributed by atoms with E-state index in [9.17, 15) is 9.90 Å². The van der Waals surface area contributed by atoms with Gasteiger partial charge >= 0.3 is 6.09 Å². The number of hydrogen-bond donors (Lipinski definition) is 2. The van der Waals surface area contributed by atoms with Crippen LogP contribution in [-0.4, -0.2) is 49.4 Å². The second-order valence-electron chi connectivity index (χ2n) is 6.50. The zero-order valence-corrected chi connectivity index (χ0v) is 15.3. The summed E-state index contributed by atoms with van der Waals surface area (Å²) in [4.78, 5) is 25.3. The lowest BCUT2D eigenvalue weighted by molar-refractivity contribution is -0.0421. The molecule has 1 saturated heterocycles. The number of anilines is 2. The third-order valence-corrected chi connectivity index (χ3v) is 4.43. The second-order valence-corrected chi connectivity index (χ2v) is 6.94. The standard InChI is InChI=1S/C17H20ClN5O3/c1-17(2)23(16(24)25)13(10-26-17)5-3-11-4-6-14(19-7-11)22-15-20-8-12(18)9-21-15/h4,6-9,13H,3,5,10H2,1-2H3,(H,24,25)(H,19,20,21,22)/t13-/m0/s1. The quantitative estimate of drug-likeness (QED) is 0.824. The normalized spacial score (nSPS) is 18.7. The predicted molar refractivity (Wildman–Crippen MR) is 96.6 cm³/mol. The fraction of sp³-hybridized carbons (Fsp3) is 0.412. The molecule has 0 bridgehead atoms. The minimum Gasteiger partial charge on any atom is -0.465 e. The summed E-state index contributed by atoms with van der Waals surface area (Å²) in [6.45, 7) is 3.93. The molecular formula is C17H20ClN5O3. The number of aryl methyl sites for hydroxylation is 1. The largest absolute Gasteiger partial charge is 0.465 e. The van der Waals surface area contributed by atoms with Crippen LogP contribution in [-0.2, 0) is 11.2 Å². The molecule has 2 aromatic rings. The van der Waals surface area contributed by atoms with E-state index in [2.05, 4.69) is 20.3 Å². The first-order valence-corrected chi connectivity index (χ1v) is 8.59. The van der Waals surface area contributed by atoms with Crippen molar-refractivity contribution in [1.82, 2.24) is 19.9 Å². The summed E-state index contributed by atoms with van der Waals surface area (Å²) in [5.74, 6) is 1.03. The number of hydrogen-bond acceptors (Lipinski definition) is 6. The van der Waals surface area contributed by atoms with Crippen molar-refractivity contribution in [3.05, 3.63) is 41.3 Å². The SMILES string of the molecule is CC1(C)OC[C@H](CCc2ccc(Nc3ncc(Cl)cn3)nc2)N1C(=O)O. The fourth-order valence-corrected chi connectivity index (χ4v) is 3.05. The highest BCUT2D eigenvalue weighted by atomic mass is 35.5. The predicted octanol–water partition coefficient (Wildman–Crippen LogP) is 3.32. The highest BCUT2D eigenvalue weighted by molar-refractivity contribution is 6.30. The van der Waals surface area contributed by atoms with Gasteiger partial charge in [-0.15, -0.1) is 0 Å². The van der Waals surface area contributed by atoms with Crippen LogP contribution in [0.4, 0.5) is 16.6 Å². The molecule has 0 spiro atoms. The van der Waals surface area contributed by atoms with Crippen molar-refractivity contribution in [1.29, 1.82) is 0 Å². The van der Waals surface area contributed by atoms with E-state index in [4.69, 9.17) is 16.3 Å². The van der Waals surface area contributed by atoms with Crippen LogP contribution in [0.5, 0.6) is 0 Å². The molecule has 1 atom stereocenters. The van der Waals surface area contributed by atoms with Crippen molar-refractivity contribution in [3.63, 3.8) is 0 Å². The number of ether oxygens (including phenoxy) is 1. The Hall–Kier alpha value is -2.45. The van der Waals surface area contributed by atoms with Crippen LogP contribution in [0.1, 0.15) is 25.8 Å². The summed E-state index contributed by atoms with van der Waals surface area (Å²) in [5.41, 5.74) is 0.226. The number of rotatable bonds is 5. The van der Waals surface area contributed by atoms with Crippen LogP contribution in [0.25, 0.3) is 0 Å². The van der Waals surface area contributed by atoms with Crippen molar-refractivity contribution in [2.24, 2.45) is 0 Å². The Balaban J connectivity index is 1.58. The molecule has 1 amide bonds. The van der Waals surface area contributed by atoms with Gasteiger partial charge in [0.05, 0.1) is 30.1 Å². The highest BCUT2D eigenvalue weighted by Gasteiger charge is 2.43. The Morgan fingerprint density at radius 3 is 2.69 bits per heavy atom. The van der Waals surface area contributed by atoms with Gasteiger partial charge in [0.15, 0.2) is 0 Å². The van der Waals surface area contributed by atoms with Gasteiger partial charge in [-0.1, -0.05) is 17.7 Å². The number of nitrogens with one attached hydrogen (secondary N) is 1. The molecule has 138 valence electrons. The van der Waals surface area contributed by atoms with E-state index in [1.165, 1.54) is 17.3 Å². The Morgan fingerprint density at radius 2 is 2.08 bits per heavy atom. The Labute approximate surface area is 156 Å². The van der Waals surface area contributed by atoms with Crippen molar-refractivity contribution < 1.29 is 14.6 Å². The molecule has 2 aromatic heterocycles. The number of halogens is 1. The van der Waals surface area contributed by atoms with Gasteiger partial charge in [-0.05, 0) is 38.3 Å². The van der Waals surface area contributed by atoms with E-state index in [1.807, 2.05) is 12.1 Å². The van der Waals surface area contributed by atoms with E-state index in [0.29, 0.717) is 36.2 Å².